The number of hydrogen-bond donors (Lipinski definition) is 1. The molecule has 1 aromatic heterocycles. The monoisotopic (exact) mass is 558 g/mol. The quantitative estimate of drug-likeness (QED) is 0.256. The fourth-order valence-electron chi connectivity index (χ4n) is 4.99. The molecule has 0 radical (unpaired) electrons. The highest BCUT2D eigenvalue weighted by Crippen LogP contribution is 2.53. The highest BCUT2D eigenvalue weighted by Gasteiger charge is 2.56. The summed E-state index contributed by atoms with van der Waals surface area (Å²) in [6.07, 6.45) is 0. The van der Waals surface area contributed by atoms with Crippen molar-refractivity contribution in [1.82, 2.24) is 4.98 Å². The topological polar surface area (TPSA) is 106 Å². The lowest BCUT2D eigenvalue weighted by molar-refractivity contribution is -0.122. The minimum absolute atomic E-state index is 0.236. The standard InChI is InChI=1S/C29H22N2O6S2/c1-2-36-28(34)16-11-13-18(14-12-16)31-26(32)22-21(23-25(30-29(35)39-23)38-24(22)27(31)33)17-7-6-10-20(15-17)37-19-8-4-3-5-9-19/h3-15,21-22,24H,2H2,1H3,(H,30,35)/t21-,22?,24?/m1/s1. The van der Waals surface area contributed by atoms with E-state index in [1.165, 1.54) is 16.7 Å². The lowest BCUT2D eigenvalue weighted by Gasteiger charge is -2.30. The van der Waals surface area contributed by atoms with Crippen molar-refractivity contribution in [1.29, 1.82) is 0 Å². The average molecular weight is 559 g/mol. The first-order chi connectivity index (χ1) is 18.9. The number of anilines is 1. The van der Waals surface area contributed by atoms with Gasteiger partial charge in [0.1, 0.15) is 16.7 Å². The molecule has 196 valence electrons. The number of carbonyl (C=O) groups excluding carboxylic acids is 3. The summed E-state index contributed by atoms with van der Waals surface area (Å²) in [5.41, 5.74) is 1.49. The molecule has 10 heteroatoms. The minimum atomic E-state index is -0.724. The first-order valence-electron chi connectivity index (χ1n) is 12.3. The summed E-state index contributed by atoms with van der Waals surface area (Å²) in [5.74, 6) is -1.18. The van der Waals surface area contributed by atoms with Gasteiger partial charge in [0.25, 0.3) is 0 Å². The third-order valence-electron chi connectivity index (χ3n) is 6.66. The van der Waals surface area contributed by atoms with Gasteiger partial charge >= 0.3 is 10.8 Å². The average Bonchev–Trinajstić information content (AvgIpc) is 3.43. The second kappa shape index (κ2) is 10.2. The number of para-hydroxylation sites is 1. The van der Waals surface area contributed by atoms with Crippen LogP contribution in [0.4, 0.5) is 5.69 Å². The fourth-order valence-corrected chi connectivity index (χ4v) is 7.50. The van der Waals surface area contributed by atoms with Crippen molar-refractivity contribution in [3.8, 4) is 11.5 Å². The zero-order valence-corrected chi connectivity index (χ0v) is 22.3. The first kappa shape index (κ1) is 25.1. The van der Waals surface area contributed by atoms with Crippen molar-refractivity contribution in [2.45, 2.75) is 23.1 Å². The van der Waals surface area contributed by atoms with E-state index in [9.17, 15) is 19.2 Å². The fraction of sp³-hybridized carbons (Fsp3) is 0.172. The molecule has 3 heterocycles. The number of esters is 1. The Balaban J connectivity index is 1.37. The second-order valence-electron chi connectivity index (χ2n) is 9.02. The summed E-state index contributed by atoms with van der Waals surface area (Å²) >= 11 is 2.27. The van der Waals surface area contributed by atoms with E-state index < -0.39 is 23.1 Å². The molecular weight excluding hydrogens is 536 g/mol. The molecule has 39 heavy (non-hydrogen) atoms. The molecule has 0 spiro atoms. The van der Waals surface area contributed by atoms with Crippen LogP contribution < -0.4 is 14.5 Å². The number of fused-ring (bicyclic) bond motifs is 2. The molecule has 1 saturated heterocycles. The van der Waals surface area contributed by atoms with Gasteiger partial charge in [0.15, 0.2) is 0 Å². The van der Waals surface area contributed by atoms with Gasteiger partial charge in [0, 0.05) is 10.8 Å². The third kappa shape index (κ3) is 4.55. The Bertz CT molecular complexity index is 1630. The van der Waals surface area contributed by atoms with Gasteiger partial charge in [-0.25, -0.2) is 9.69 Å². The normalized spacial score (nSPS) is 19.9. The van der Waals surface area contributed by atoms with Crippen LogP contribution in [0, 0.1) is 5.92 Å². The highest BCUT2D eigenvalue weighted by atomic mass is 32.2. The summed E-state index contributed by atoms with van der Waals surface area (Å²) in [5, 5.41) is -0.116. The molecule has 3 atom stereocenters. The van der Waals surface area contributed by atoms with Crippen molar-refractivity contribution in [3.63, 3.8) is 0 Å². The highest BCUT2D eigenvalue weighted by molar-refractivity contribution is 8.00. The second-order valence-corrected chi connectivity index (χ2v) is 11.2. The number of carbonyl (C=O) groups is 3. The van der Waals surface area contributed by atoms with Gasteiger partial charge in [-0.2, -0.15) is 0 Å². The molecule has 0 bridgehead atoms. The molecule has 2 aliphatic heterocycles. The van der Waals surface area contributed by atoms with E-state index in [0.717, 1.165) is 21.8 Å². The molecule has 4 aromatic rings. The largest absolute Gasteiger partial charge is 0.462 e. The molecule has 1 N–H and O–H groups in total. The van der Waals surface area contributed by atoms with E-state index in [-0.39, 0.29) is 23.3 Å². The Kier molecular flexibility index (Phi) is 6.58. The maximum Gasteiger partial charge on any atom is 0.338 e. The van der Waals surface area contributed by atoms with Crippen molar-refractivity contribution < 1.29 is 23.9 Å². The van der Waals surface area contributed by atoms with Crippen LogP contribution in [0.25, 0.3) is 0 Å². The number of nitrogens with zero attached hydrogens (tertiary/aromatic N) is 1. The lowest BCUT2D eigenvalue weighted by Crippen LogP contribution is -2.32. The Labute approximate surface area is 231 Å². The summed E-state index contributed by atoms with van der Waals surface area (Å²) in [6.45, 7) is 1.97. The van der Waals surface area contributed by atoms with Crippen LogP contribution in [0.15, 0.2) is 88.7 Å². The van der Waals surface area contributed by atoms with Crippen molar-refractivity contribution in [3.05, 3.63) is 105 Å². The number of aromatic amines is 1. The Hall–Kier alpha value is -4.15. The number of amides is 2. The van der Waals surface area contributed by atoms with Crippen molar-refractivity contribution in [2.24, 2.45) is 5.92 Å². The number of nitrogens with one attached hydrogen (secondary N) is 1. The van der Waals surface area contributed by atoms with Gasteiger partial charge < -0.3 is 14.5 Å². The maximum atomic E-state index is 13.9. The van der Waals surface area contributed by atoms with Crippen LogP contribution in [0.5, 0.6) is 11.5 Å². The number of ether oxygens (including phenoxy) is 2. The molecule has 1 fully saturated rings. The number of aromatic nitrogens is 1. The smallest absolute Gasteiger partial charge is 0.338 e. The van der Waals surface area contributed by atoms with Crippen LogP contribution in [-0.4, -0.2) is 34.6 Å². The van der Waals surface area contributed by atoms with Gasteiger partial charge in [-0.15, -0.1) is 0 Å². The van der Waals surface area contributed by atoms with Gasteiger partial charge in [-0.3, -0.25) is 14.4 Å². The number of imide groups is 1. The van der Waals surface area contributed by atoms with E-state index in [0.29, 0.717) is 27.8 Å². The molecule has 0 saturated carbocycles. The van der Waals surface area contributed by atoms with Crippen LogP contribution in [0.3, 0.4) is 0 Å². The van der Waals surface area contributed by atoms with E-state index in [2.05, 4.69) is 4.98 Å². The summed E-state index contributed by atoms with van der Waals surface area (Å²) < 4.78 is 11.1. The molecule has 8 nitrogen and oxygen atoms in total. The van der Waals surface area contributed by atoms with Gasteiger partial charge in [0.2, 0.25) is 11.8 Å². The predicted molar refractivity (Wildman–Crippen MR) is 148 cm³/mol. The minimum Gasteiger partial charge on any atom is -0.462 e. The van der Waals surface area contributed by atoms with Gasteiger partial charge in [-0.05, 0) is 61.0 Å². The first-order valence-corrected chi connectivity index (χ1v) is 14.0. The van der Waals surface area contributed by atoms with Crippen molar-refractivity contribution >= 4 is 46.6 Å². The Morgan fingerprint density at radius 2 is 1.67 bits per heavy atom. The number of rotatable bonds is 6. The summed E-state index contributed by atoms with van der Waals surface area (Å²) in [7, 11) is 0. The summed E-state index contributed by atoms with van der Waals surface area (Å²) in [6, 6.07) is 23.0. The van der Waals surface area contributed by atoms with Gasteiger partial charge in [0.05, 0.1) is 28.8 Å². The number of thiazole rings is 1. The Morgan fingerprint density at radius 1 is 0.923 bits per heavy atom. The van der Waals surface area contributed by atoms with Crippen LogP contribution in [0.2, 0.25) is 0 Å². The lowest BCUT2D eigenvalue weighted by atomic mass is 9.83. The molecule has 2 unspecified atom stereocenters. The number of thioether (sulfide) groups is 1. The van der Waals surface area contributed by atoms with E-state index in [1.807, 2.05) is 54.6 Å². The van der Waals surface area contributed by atoms with Crippen LogP contribution in [0.1, 0.15) is 33.6 Å². The molecular formula is C29H22N2O6S2. The molecule has 0 aliphatic carbocycles. The zero-order chi connectivity index (χ0) is 27.1. The van der Waals surface area contributed by atoms with Crippen LogP contribution >= 0.6 is 23.1 Å². The maximum absolute atomic E-state index is 13.9. The summed E-state index contributed by atoms with van der Waals surface area (Å²) in [4.78, 5) is 56.5. The molecule has 2 aliphatic rings. The third-order valence-corrected chi connectivity index (χ3v) is 9.06. The van der Waals surface area contributed by atoms with E-state index >= 15 is 0 Å². The SMILES string of the molecule is CCOC(=O)c1ccc(N2C(=O)C3Sc4[nH]c(=O)sc4[C@H](c4cccc(Oc5ccccc5)c4)C3C2=O)cc1. The van der Waals surface area contributed by atoms with Crippen molar-refractivity contribution in [2.75, 3.05) is 11.5 Å². The zero-order valence-electron chi connectivity index (χ0n) is 20.7. The van der Waals surface area contributed by atoms with E-state index in [4.69, 9.17) is 9.47 Å². The predicted octanol–water partition coefficient (Wildman–Crippen LogP) is 5.20. The van der Waals surface area contributed by atoms with Gasteiger partial charge in [-0.1, -0.05) is 53.4 Å². The number of H-pyrrole nitrogens is 1. The van der Waals surface area contributed by atoms with Crippen LogP contribution in [-0.2, 0) is 14.3 Å². The molecule has 3 aromatic carbocycles. The number of hydrogen-bond acceptors (Lipinski definition) is 8. The molecule has 6 rings (SSSR count). The molecule has 2 amide bonds. The van der Waals surface area contributed by atoms with E-state index in [1.54, 1.807) is 31.2 Å². The number of benzene rings is 3. The Morgan fingerprint density at radius 3 is 2.41 bits per heavy atom.